The van der Waals surface area contributed by atoms with E-state index < -0.39 is 48.8 Å². The highest BCUT2D eigenvalue weighted by Gasteiger charge is 2.26. The van der Waals surface area contributed by atoms with Gasteiger partial charge in [0.15, 0.2) is 5.82 Å². The Labute approximate surface area is 164 Å². The fourth-order valence-corrected chi connectivity index (χ4v) is 4.04. The molecule has 0 unspecified atom stereocenters. The second kappa shape index (κ2) is 8.13. The van der Waals surface area contributed by atoms with Crippen molar-refractivity contribution >= 4 is 44.9 Å². The van der Waals surface area contributed by atoms with Crippen LogP contribution in [0, 0.1) is 24.0 Å². The molecule has 10 heteroatoms. The molecule has 0 radical (unpaired) electrons. The number of anilines is 1. The molecule has 2 aromatic rings. The first-order valence-corrected chi connectivity index (χ1v) is 9.49. The number of benzene rings is 2. The molecule has 0 saturated heterocycles. The number of sulfonamides is 1. The summed E-state index contributed by atoms with van der Waals surface area (Å²) in [5, 5.41) is -0.586. The minimum Gasteiger partial charge on any atom is -0.462 e. The summed E-state index contributed by atoms with van der Waals surface area (Å²) < 4.78 is 59.6. The fraction of sp³-hybridized carbons (Fsp3) is 0.118. The van der Waals surface area contributed by atoms with Crippen LogP contribution in [-0.2, 0) is 14.8 Å². The highest BCUT2D eigenvalue weighted by atomic mass is 35.5. The zero-order chi connectivity index (χ0) is 20.4. The fourth-order valence-electron chi connectivity index (χ4n) is 2.08. The predicted octanol–water partition coefficient (Wildman–Crippen LogP) is 4.23. The van der Waals surface area contributed by atoms with Crippen LogP contribution in [0.5, 0.6) is 0 Å². The van der Waals surface area contributed by atoms with Gasteiger partial charge in [-0.25, -0.2) is 22.0 Å². The van der Waals surface area contributed by atoms with Crippen LogP contribution in [0.4, 0.5) is 14.5 Å². The zero-order valence-electron chi connectivity index (χ0n) is 13.6. The maximum absolute atomic E-state index is 14.2. The van der Waals surface area contributed by atoms with Gasteiger partial charge in [0, 0.05) is 5.02 Å². The number of nitrogens with one attached hydrogen (secondary N) is 1. The van der Waals surface area contributed by atoms with E-state index in [9.17, 15) is 22.0 Å². The van der Waals surface area contributed by atoms with E-state index in [1.165, 1.54) is 0 Å². The number of rotatable bonds is 5. The Balaban J connectivity index is 2.56. The Morgan fingerprint density at radius 1 is 1.30 bits per heavy atom. The van der Waals surface area contributed by atoms with Gasteiger partial charge in [0.2, 0.25) is 0 Å². The third-order valence-corrected chi connectivity index (χ3v) is 5.40. The first kappa shape index (κ1) is 21.0. The number of hydrogen-bond acceptors (Lipinski definition) is 4. The summed E-state index contributed by atoms with van der Waals surface area (Å²) in [4.78, 5) is 11.3. The monoisotopic (exact) mass is 433 g/mol. The minimum atomic E-state index is -4.50. The molecule has 5 nitrogen and oxygen atoms in total. The second-order valence-electron chi connectivity index (χ2n) is 5.02. The number of carbonyl (C=O) groups excluding carboxylic acids is 1. The lowest BCUT2D eigenvalue weighted by Gasteiger charge is -2.13. The van der Waals surface area contributed by atoms with Crippen molar-refractivity contribution in [3.63, 3.8) is 0 Å². The summed E-state index contributed by atoms with van der Waals surface area (Å²) in [7, 11) is -4.50. The zero-order valence-corrected chi connectivity index (χ0v) is 16.0. The van der Waals surface area contributed by atoms with Crippen molar-refractivity contribution in [1.29, 1.82) is 0 Å². The van der Waals surface area contributed by atoms with Crippen molar-refractivity contribution in [1.82, 2.24) is 0 Å². The van der Waals surface area contributed by atoms with Crippen molar-refractivity contribution in [3.05, 3.63) is 57.1 Å². The van der Waals surface area contributed by atoms with Crippen molar-refractivity contribution in [2.75, 3.05) is 11.3 Å². The van der Waals surface area contributed by atoms with Crippen LogP contribution in [-0.4, -0.2) is 21.0 Å². The molecule has 0 aliphatic rings. The molecule has 0 amide bonds. The van der Waals surface area contributed by atoms with E-state index in [0.29, 0.717) is 0 Å². The van der Waals surface area contributed by atoms with Gasteiger partial charge in [-0.1, -0.05) is 29.1 Å². The molecule has 2 rings (SSSR count). The lowest BCUT2D eigenvalue weighted by Crippen LogP contribution is -2.17. The third-order valence-electron chi connectivity index (χ3n) is 3.27. The normalized spacial score (nSPS) is 11.0. The summed E-state index contributed by atoms with van der Waals surface area (Å²) >= 11 is 11.9. The molecule has 1 N–H and O–H groups in total. The van der Waals surface area contributed by atoms with Crippen molar-refractivity contribution in [2.24, 2.45) is 0 Å². The average Bonchev–Trinajstić information content (AvgIpc) is 2.59. The van der Waals surface area contributed by atoms with E-state index in [1.807, 2.05) is 4.72 Å². The number of halogens is 4. The highest BCUT2D eigenvalue weighted by molar-refractivity contribution is 7.92. The Hall–Kier alpha value is -2.34. The van der Waals surface area contributed by atoms with Gasteiger partial charge in [-0.15, -0.1) is 6.42 Å². The Morgan fingerprint density at radius 3 is 2.56 bits per heavy atom. The number of esters is 1. The van der Waals surface area contributed by atoms with E-state index in [2.05, 4.69) is 0 Å². The maximum atomic E-state index is 14.2. The van der Waals surface area contributed by atoms with E-state index >= 15 is 0 Å². The summed E-state index contributed by atoms with van der Waals surface area (Å²) in [6.07, 6.45) is 5.02. The summed E-state index contributed by atoms with van der Waals surface area (Å²) in [6.45, 7) is 1.58. The van der Waals surface area contributed by atoms with Crippen LogP contribution in [0.2, 0.25) is 10.0 Å². The lowest BCUT2D eigenvalue weighted by molar-refractivity contribution is 0.0526. The molecule has 0 bridgehead atoms. The lowest BCUT2D eigenvalue weighted by atomic mass is 10.2. The van der Waals surface area contributed by atoms with Gasteiger partial charge >= 0.3 is 5.97 Å². The molecular formula is C17H11Cl2F2NO4S. The largest absolute Gasteiger partial charge is 0.462 e. The third kappa shape index (κ3) is 4.33. The molecule has 0 saturated carbocycles. The van der Waals surface area contributed by atoms with Crippen LogP contribution in [0.1, 0.15) is 22.8 Å². The molecule has 142 valence electrons. The Morgan fingerprint density at radius 2 is 1.96 bits per heavy atom. The standard InChI is InChI=1S/C17H11Cl2F2NO4S/c1-3-10-12(20)5-6-13(16(10)21)22-27(24,25)14-8-9(18)7-11(15(14)19)17(23)26-4-2/h1,5-8,22H,4H2,2H3. The smallest absolute Gasteiger partial charge is 0.339 e. The second-order valence-corrected chi connectivity index (χ2v) is 7.48. The average molecular weight is 434 g/mol. The van der Waals surface area contributed by atoms with E-state index in [-0.39, 0.29) is 17.2 Å². The molecule has 0 fully saturated rings. The van der Waals surface area contributed by atoms with Crippen LogP contribution in [0.15, 0.2) is 29.2 Å². The number of terminal acetylenes is 1. The SMILES string of the molecule is C#Cc1c(F)ccc(NS(=O)(=O)c2cc(Cl)cc(C(=O)OCC)c2Cl)c1F. The van der Waals surface area contributed by atoms with Gasteiger partial charge in [-0.05, 0) is 31.2 Å². The first-order valence-electron chi connectivity index (χ1n) is 7.26. The van der Waals surface area contributed by atoms with Gasteiger partial charge < -0.3 is 4.74 Å². The van der Waals surface area contributed by atoms with E-state index in [4.69, 9.17) is 34.4 Å². The molecule has 0 aromatic heterocycles. The molecule has 2 aromatic carbocycles. The van der Waals surface area contributed by atoms with Crippen LogP contribution in [0.25, 0.3) is 0 Å². The molecule has 0 heterocycles. The van der Waals surface area contributed by atoms with Gasteiger partial charge in [0.25, 0.3) is 10.0 Å². The molecule has 0 aliphatic carbocycles. The predicted molar refractivity (Wildman–Crippen MR) is 97.5 cm³/mol. The van der Waals surface area contributed by atoms with Gasteiger partial charge in [-0.2, -0.15) is 0 Å². The Kier molecular flexibility index (Phi) is 6.31. The van der Waals surface area contributed by atoms with Crippen LogP contribution < -0.4 is 4.72 Å². The minimum absolute atomic E-state index is 0.0255. The molecular weight excluding hydrogens is 423 g/mol. The summed E-state index contributed by atoms with van der Waals surface area (Å²) in [5.74, 6) is -1.39. The number of ether oxygens (including phenoxy) is 1. The molecule has 0 atom stereocenters. The van der Waals surface area contributed by atoms with E-state index in [1.54, 1.807) is 12.8 Å². The van der Waals surface area contributed by atoms with Crippen LogP contribution in [0.3, 0.4) is 0 Å². The topological polar surface area (TPSA) is 72.5 Å². The summed E-state index contributed by atoms with van der Waals surface area (Å²) in [5.41, 5.74) is -1.62. The maximum Gasteiger partial charge on any atom is 0.339 e. The van der Waals surface area contributed by atoms with Gasteiger partial charge in [0.05, 0.1) is 28.4 Å². The molecule has 0 aliphatic heterocycles. The quantitative estimate of drug-likeness (QED) is 0.565. The van der Waals surface area contributed by atoms with Crippen LogP contribution >= 0.6 is 23.2 Å². The van der Waals surface area contributed by atoms with Crippen molar-refractivity contribution < 1.29 is 26.7 Å². The van der Waals surface area contributed by atoms with E-state index in [0.717, 1.165) is 24.3 Å². The number of carbonyl (C=O) groups is 1. The van der Waals surface area contributed by atoms with Gasteiger partial charge in [-0.3, -0.25) is 4.72 Å². The molecule has 27 heavy (non-hydrogen) atoms. The highest BCUT2D eigenvalue weighted by Crippen LogP contribution is 2.32. The first-order chi connectivity index (χ1) is 12.6. The Bertz CT molecular complexity index is 1070. The summed E-state index contributed by atoms with van der Waals surface area (Å²) in [6, 6.07) is 3.77. The number of hydrogen-bond donors (Lipinski definition) is 1. The van der Waals surface area contributed by atoms with Gasteiger partial charge in [0.1, 0.15) is 10.7 Å². The van der Waals surface area contributed by atoms with Crippen molar-refractivity contribution in [2.45, 2.75) is 11.8 Å². The van der Waals surface area contributed by atoms with Crippen molar-refractivity contribution in [3.8, 4) is 12.3 Å². The molecule has 0 spiro atoms.